The third kappa shape index (κ3) is 2.73. The highest BCUT2D eigenvalue weighted by molar-refractivity contribution is 7.89. The molecule has 8 heteroatoms. The highest BCUT2D eigenvalue weighted by Gasteiger charge is 2.36. The molecule has 0 unspecified atom stereocenters. The number of carbonyl (C=O) groups excluding carboxylic acids is 1. The van der Waals surface area contributed by atoms with Gasteiger partial charge in [-0.2, -0.15) is 0 Å². The number of likely N-dealkylation sites (tertiary alicyclic amines) is 1. The van der Waals surface area contributed by atoms with Crippen LogP contribution in [0.4, 0.5) is 0 Å². The van der Waals surface area contributed by atoms with Gasteiger partial charge in [-0.3, -0.25) is 9.69 Å². The third-order valence-corrected chi connectivity index (χ3v) is 6.16. The van der Waals surface area contributed by atoms with E-state index in [0.717, 1.165) is 13.0 Å². The number of carbonyl (C=O) groups is 1. The van der Waals surface area contributed by atoms with Crippen molar-refractivity contribution in [2.45, 2.75) is 18.2 Å². The summed E-state index contributed by atoms with van der Waals surface area (Å²) < 4.78 is 22.2. The molecule has 0 radical (unpaired) electrons. The Morgan fingerprint density at radius 1 is 1.45 bits per heavy atom. The third-order valence-electron chi connectivity index (χ3n) is 3.91. The molecule has 2 aliphatic rings. The first-order chi connectivity index (χ1) is 9.43. The van der Waals surface area contributed by atoms with Gasteiger partial charge >= 0.3 is 0 Å². The van der Waals surface area contributed by atoms with E-state index in [9.17, 15) is 13.2 Å². The molecule has 2 N–H and O–H groups in total. The predicted octanol–water partition coefficient (Wildman–Crippen LogP) is -0.394. The summed E-state index contributed by atoms with van der Waals surface area (Å²) in [6, 6.07) is 2.07. The molecule has 6 nitrogen and oxygen atoms in total. The van der Waals surface area contributed by atoms with Gasteiger partial charge in [0.25, 0.3) is 0 Å². The molecule has 0 saturated carbocycles. The summed E-state index contributed by atoms with van der Waals surface area (Å²) in [5.74, 6) is 0.0646. The van der Waals surface area contributed by atoms with Crippen molar-refractivity contribution in [3.05, 3.63) is 21.9 Å². The van der Waals surface area contributed by atoms with Gasteiger partial charge in [-0.05, 0) is 23.4 Å². The Labute approximate surface area is 122 Å². The molecule has 2 aliphatic heterocycles. The first-order valence-electron chi connectivity index (χ1n) is 6.50. The molecule has 3 heterocycles. The van der Waals surface area contributed by atoms with E-state index < -0.39 is 15.3 Å². The molecule has 3 rings (SSSR count). The zero-order valence-corrected chi connectivity index (χ0v) is 12.6. The lowest BCUT2D eigenvalue weighted by Crippen LogP contribution is -2.58. The van der Waals surface area contributed by atoms with Gasteiger partial charge in [0, 0.05) is 31.1 Å². The number of rotatable bonds is 3. The van der Waals surface area contributed by atoms with Gasteiger partial charge in [-0.15, -0.1) is 11.3 Å². The van der Waals surface area contributed by atoms with Gasteiger partial charge in [0.15, 0.2) is 0 Å². The van der Waals surface area contributed by atoms with E-state index in [2.05, 4.69) is 11.4 Å². The maximum atomic E-state index is 12.2. The molecule has 1 amide bonds. The number of hydrogen-bond donors (Lipinski definition) is 1. The molecule has 0 atom stereocenters. The van der Waals surface area contributed by atoms with E-state index in [1.807, 2.05) is 9.80 Å². The molecule has 20 heavy (non-hydrogen) atoms. The van der Waals surface area contributed by atoms with Crippen molar-refractivity contribution in [1.82, 2.24) is 9.80 Å². The van der Waals surface area contributed by atoms with Crippen molar-refractivity contribution in [3.63, 3.8) is 0 Å². The number of nitrogens with zero attached hydrogens (tertiary/aromatic N) is 2. The van der Waals surface area contributed by atoms with Crippen molar-refractivity contribution in [2.24, 2.45) is 5.14 Å². The molecule has 1 aromatic rings. The first-order valence-corrected chi connectivity index (χ1v) is 8.99. The van der Waals surface area contributed by atoms with E-state index in [1.54, 1.807) is 11.3 Å². The molecule has 1 saturated heterocycles. The Morgan fingerprint density at radius 2 is 2.20 bits per heavy atom. The second-order valence-corrected chi connectivity index (χ2v) is 8.18. The summed E-state index contributed by atoms with van der Waals surface area (Å²) in [4.78, 5) is 17.2. The molecular weight excluding hydrogens is 298 g/mol. The van der Waals surface area contributed by atoms with E-state index in [0.29, 0.717) is 19.6 Å². The Kier molecular flexibility index (Phi) is 3.57. The minimum atomic E-state index is -3.46. The van der Waals surface area contributed by atoms with Gasteiger partial charge in [-0.1, -0.05) is 0 Å². The molecule has 0 bridgehead atoms. The highest BCUT2D eigenvalue weighted by atomic mass is 32.2. The quantitative estimate of drug-likeness (QED) is 0.823. The summed E-state index contributed by atoms with van der Waals surface area (Å²) in [7, 11) is -3.46. The summed E-state index contributed by atoms with van der Waals surface area (Å²) in [6.45, 7) is 2.43. The van der Waals surface area contributed by atoms with Gasteiger partial charge in [0.2, 0.25) is 15.9 Å². The van der Waals surface area contributed by atoms with Crippen molar-refractivity contribution in [1.29, 1.82) is 0 Å². The normalized spacial score (nSPS) is 20.6. The standard InChI is InChI=1S/C12H17N3O3S2/c13-20(17,18)10-6-14(7-10)8-12(16)15-3-1-11-9(5-15)2-4-19-11/h2,4,10H,1,3,5-8H2,(H2,13,17,18). The zero-order chi connectivity index (χ0) is 14.3. The van der Waals surface area contributed by atoms with Crippen molar-refractivity contribution < 1.29 is 13.2 Å². The topological polar surface area (TPSA) is 83.7 Å². The molecule has 1 fully saturated rings. The number of amides is 1. The predicted molar refractivity (Wildman–Crippen MR) is 76.8 cm³/mol. The lowest BCUT2D eigenvalue weighted by atomic mass is 10.1. The number of nitrogens with two attached hydrogens (primary N) is 1. The summed E-state index contributed by atoms with van der Waals surface area (Å²) in [6.07, 6.45) is 0.915. The Bertz CT molecular complexity index is 620. The van der Waals surface area contributed by atoms with E-state index in [1.165, 1.54) is 10.4 Å². The van der Waals surface area contributed by atoms with E-state index in [4.69, 9.17) is 5.14 Å². The SMILES string of the molecule is NS(=O)(=O)C1CN(CC(=O)N2CCc3sccc3C2)C1. The van der Waals surface area contributed by atoms with Crippen LogP contribution >= 0.6 is 11.3 Å². The van der Waals surface area contributed by atoms with Crippen LogP contribution in [0.25, 0.3) is 0 Å². The molecule has 0 aromatic carbocycles. The largest absolute Gasteiger partial charge is 0.337 e. The second kappa shape index (κ2) is 5.10. The number of fused-ring (bicyclic) bond motifs is 1. The summed E-state index contributed by atoms with van der Waals surface area (Å²) in [5.41, 5.74) is 1.24. The molecule has 1 aromatic heterocycles. The molecule has 110 valence electrons. The monoisotopic (exact) mass is 315 g/mol. The Hall–Kier alpha value is -0.960. The molecule has 0 spiro atoms. The van der Waals surface area contributed by atoms with Crippen LogP contribution in [-0.4, -0.2) is 55.6 Å². The summed E-state index contributed by atoms with van der Waals surface area (Å²) in [5, 5.41) is 6.62. The first kappa shape index (κ1) is 14.0. The van der Waals surface area contributed by atoms with E-state index in [-0.39, 0.29) is 12.5 Å². The van der Waals surface area contributed by atoms with Crippen LogP contribution in [0, 0.1) is 0 Å². The van der Waals surface area contributed by atoms with Crippen LogP contribution in [-0.2, 0) is 27.8 Å². The zero-order valence-electron chi connectivity index (χ0n) is 11.0. The minimum Gasteiger partial charge on any atom is -0.337 e. The smallest absolute Gasteiger partial charge is 0.237 e. The van der Waals surface area contributed by atoms with Gasteiger partial charge in [-0.25, -0.2) is 13.6 Å². The van der Waals surface area contributed by atoms with Gasteiger partial charge in [0.05, 0.1) is 6.54 Å². The fraction of sp³-hybridized carbons (Fsp3) is 0.583. The average Bonchev–Trinajstić information content (AvgIpc) is 2.78. The van der Waals surface area contributed by atoms with E-state index >= 15 is 0 Å². The lowest BCUT2D eigenvalue weighted by Gasteiger charge is -2.38. The van der Waals surface area contributed by atoms with Crippen LogP contribution in [0.2, 0.25) is 0 Å². The molecule has 0 aliphatic carbocycles. The summed E-state index contributed by atoms with van der Waals surface area (Å²) >= 11 is 1.74. The highest BCUT2D eigenvalue weighted by Crippen LogP contribution is 2.24. The van der Waals surface area contributed by atoms with Crippen molar-refractivity contribution in [2.75, 3.05) is 26.2 Å². The van der Waals surface area contributed by atoms with Crippen LogP contribution in [0.1, 0.15) is 10.4 Å². The van der Waals surface area contributed by atoms with Gasteiger partial charge < -0.3 is 4.90 Å². The van der Waals surface area contributed by atoms with Crippen LogP contribution in [0.15, 0.2) is 11.4 Å². The maximum absolute atomic E-state index is 12.2. The second-order valence-electron chi connectivity index (χ2n) is 5.34. The minimum absolute atomic E-state index is 0.0646. The molecular formula is C12H17N3O3S2. The van der Waals surface area contributed by atoms with Crippen LogP contribution in [0.3, 0.4) is 0 Å². The van der Waals surface area contributed by atoms with Crippen LogP contribution < -0.4 is 5.14 Å². The number of primary sulfonamides is 1. The fourth-order valence-electron chi connectivity index (χ4n) is 2.61. The maximum Gasteiger partial charge on any atom is 0.237 e. The van der Waals surface area contributed by atoms with Crippen molar-refractivity contribution >= 4 is 27.3 Å². The lowest BCUT2D eigenvalue weighted by molar-refractivity contribution is -0.134. The number of thiophene rings is 1. The average molecular weight is 315 g/mol. The number of sulfonamides is 1. The number of hydrogen-bond acceptors (Lipinski definition) is 5. The van der Waals surface area contributed by atoms with Crippen LogP contribution in [0.5, 0.6) is 0 Å². The fourth-order valence-corrected chi connectivity index (χ4v) is 4.34. The Morgan fingerprint density at radius 3 is 2.90 bits per heavy atom. The Balaban J connectivity index is 1.52. The van der Waals surface area contributed by atoms with Crippen molar-refractivity contribution in [3.8, 4) is 0 Å². The van der Waals surface area contributed by atoms with Gasteiger partial charge in [0.1, 0.15) is 5.25 Å².